The maximum Gasteiger partial charge on any atom is 0.237 e. The Balaban J connectivity index is 2.56. The van der Waals surface area contributed by atoms with Gasteiger partial charge in [0, 0.05) is 5.56 Å². The van der Waals surface area contributed by atoms with Gasteiger partial charge in [-0.25, -0.2) is 0 Å². The zero-order valence-electron chi connectivity index (χ0n) is 7.55. The second kappa shape index (κ2) is 3.74. The number of halogens is 1. The molecule has 1 aromatic heterocycles. The average Bonchev–Trinajstić information content (AvgIpc) is 2.26. The van der Waals surface area contributed by atoms with Crippen molar-refractivity contribution in [3.8, 4) is 23.1 Å². The van der Waals surface area contributed by atoms with Crippen molar-refractivity contribution in [2.24, 2.45) is 0 Å². The van der Waals surface area contributed by atoms with Gasteiger partial charge in [0.25, 0.3) is 0 Å². The molecule has 0 bridgehead atoms. The first kappa shape index (κ1) is 9.73. The number of hydrogen-bond acceptors (Lipinski definition) is 4. The minimum absolute atomic E-state index is 0.231. The molecule has 76 valence electrons. The summed E-state index contributed by atoms with van der Waals surface area (Å²) in [5.41, 5.74) is 0.694. The monoisotopic (exact) mass is 222 g/mol. The molecule has 0 atom stereocenters. The Morgan fingerprint density at radius 3 is 2.00 bits per heavy atom. The highest BCUT2D eigenvalue weighted by atomic mass is 35.5. The van der Waals surface area contributed by atoms with Gasteiger partial charge in [0.1, 0.15) is 0 Å². The molecule has 0 radical (unpaired) electrons. The molecule has 0 unspecified atom stereocenters. The predicted molar refractivity (Wildman–Crippen MR) is 55.8 cm³/mol. The molecule has 15 heavy (non-hydrogen) atoms. The van der Waals surface area contributed by atoms with Crippen LogP contribution >= 0.6 is 11.6 Å². The highest BCUT2D eigenvalue weighted by Crippen LogP contribution is 2.31. The number of nitrogens with zero attached hydrogens (tertiary/aromatic N) is 2. The molecule has 0 saturated carbocycles. The Labute approximate surface area is 90.8 Å². The van der Waals surface area contributed by atoms with Crippen LogP contribution in [0.5, 0.6) is 11.8 Å². The molecule has 4 nitrogen and oxygen atoms in total. The van der Waals surface area contributed by atoms with E-state index in [2.05, 4.69) is 9.97 Å². The summed E-state index contributed by atoms with van der Waals surface area (Å²) in [5, 5.41) is 18.4. The second-order valence-electron chi connectivity index (χ2n) is 2.87. The maximum absolute atomic E-state index is 9.30. The van der Waals surface area contributed by atoms with Gasteiger partial charge in [-0.2, -0.15) is 9.97 Å². The van der Waals surface area contributed by atoms with E-state index < -0.39 is 11.8 Å². The van der Waals surface area contributed by atoms with Gasteiger partial charge < -0.3 is 10.2 Å². The summed E-state index contributed by atoms with van der Waals surface area (Å²) < 4.78 is 0. The van der Waals surface area contributed by atoms with Crippen LogP contribution in [0.25, 0.3) is 11.4 Å². The molecule has 0 fully saturated rings. The Kier molecular flexibility index (Phi) is 2.43. The van der Waals surface area contributed by atoms with Crippen LogP contribution in [0.1, 0.15) is 0 Å². The number of benzene rings is 1. The Morgan fingerprint density at radius 2 is 1.47 bits per heavy atom. The number of hydrogen-bond donors (Lipinski definition) is 2. The molecular formula is C10H7ClN2O2. The van der Waals surface area contributed by atoms with E-state index >= 15 is 0 Å². The third kappa shape index (κ3) is 1.85. The van der Waals surface area contributed by atoms with Crippen molar-refractivity contribution in [2.75, 3.05) is 0 Å². The first-order valence-electron chi connectivity index (χ1n) is 4.19. The molecule has 1 heterocycles. The molecule has 0 aliphatic rings. The van der Waals surface area contributed by atoms with Crippen molar-refractivity contribution in [3.63, 3.8) is 0 Å². The summed E-state index contributed by atoms with van der Waals surface area (Å²) in [6, 6.07) is 8.99. The van der Waals surface area contributed by atoms with Crippen LogP contribution in [-0.4, -0.2) is 20.2 Å². The molecule has 2 aromatic rings. The molecule has 0 spiro atoms. The SMILES string of the molecule is Oc1nc(-c2ccccc2)nc(O)c1Cl. The molecule has 0 aliphatic heterocycles. The lowest BCUT2D eigenvalue weighted by Gasteiger charge is -2.02. The lowest BCUT2D eigenvalue weighted by molar-refractivity contribution is 0.423. The molecule has 0 saturated heterocycles. The topological polar surface area (TPSA) is 66.2 Å². The molecular weight excluding hydrogens is 216 g/mol. The van der Waals surface area contributed by atoms with Crippen LogP contribution in [0.2, 0.25) is 5.02 Å². The van der Waals surface area contributed by atoms with E-state index in [1.54, 1.807) is 24.3 Å². The van der Waals surface area contributed by atoms with E-state index in [1.165, 1.54) is 0 Å². The fourth-order valence-corrected chi connectivity index (χ4v) is 1.22. The van der Waals surface area contributed by atoms with Gasteiger partial charge in [-0.05, 0) is 0 Å². The highest BCUT2D eigenvalue weighted by Gasteiger charge is 2.11. The van der Waals surface area contributed by atoms with Crippen LogP contribution < -0.4 is 0 Å². The third-order valence-corrected chi connectivity index (χ3v) is 2.19. The third-order valence-electron chi connectivity index (χ3n) is 1.85. The normalized spacial score (nSPS) is 10.2. The smallest absolute Gasteiger partial charge is 0.237 e. The Hall–Kier alpha value is -1.81. The van der Waals surface area contributed by atoms with Gasteiger partial charge in [-0.3, -0.25) is 0 Å². The zero-order chi connectivity index (χ0) is 10.8. The lowest BCUT2D eigenvalue weighted by atomic mass is 10.2. The summed E-state index contributed by atoms with van der Waals surface area (Å²) in [5.74, 6) is -0.624. The minimum Gasteiger partial charge on any atom is -0.492 e. The van der Waals surface area contributed by atoms with Gasteiger partial charge in [0.05, 0.1) is 0 Å². The van der Waals surface area contributed by atoms with E-state index in [-0.39, 0.29) is 10.8 Å². The first-order chi connectivity index (χ1) is 7.18. The fraction of sp³-hybridized carbons (Fsp3) is 0. The van der Waals surface area contributed by atoms with E-state index in [4.69, 9.17) is 11.6 Å². The van der Waals surface area contributed by atoms with E-state index in [1.807, 2.05) is 6.07 Å². The van der Waals surface area contributed by atoms with E-state index in [0.717, 1.165) is 0 Å². The summed E-state index contributed by atoms with van der Waals surface area (Å²) >= 11 is 5.51. The summed E-state index contributed by atoms with van der Waals surface area (Å²) in [7, 11) is 0. The molecule has 2 rings (SSSR count). The van der Waals surface area contributed by atoms with Gasteiger partial charge in [0.15, 0.2) is 10.8 Å². The van der Waals surface area contributed by atoms with Gasteiger partial charge in [-0.15, -0.1) is 0 Å². The molecule has 1 aromatic carbocycles. The average molecular weight is 223 g/mol. The van der Waals surface area contributed by atoms with Crippen molar-refractivity contribution in [1.82, 2.24) is 9.97 Å². The highest BCUT2D eigenvalue weighted by molar-refractivity contribution is 6.33. The molecule has 5 heteroatoms. The maximum atomic E-state index is 9.30. The number of rotatable bonds is 1. The van der Waals surface area contributed by atoms with Crippen LogP contribution in [-0.2, 0) is 0 Å². The van der Waals surface area contributed by atoms with Crippen LogP contribution in [0, 0.1) is 0 Å². The van der Waals surface area contributed by atoms with Gasteiger partial charge in [-0.1, -0.05) is 41.9 Å². The Bertz CT molecular complexity index is 465. The first-order valence-corrected chi connectivity index (χ1v) is 4.57. The van der Waals surface area contributed by atoms with Crippen molar-refractivity contribution < 1.29 is 10.2 Å². The second-order valence-corrected chi connectivity index (χ2v) is 3.25. The quantitative estimate of drug-likeness (QED) is 0.776. The van der Waals surface area contributed by atoms with Crippen molar-refractivity contribution in [2.45, 2.75) is 0 Å². The van der Waals surface area contributed by atoms with Crippen molar-refractivity contribution >= 4 is 11.6 Å². The zero-order valence-corrected chi connectivity index (χ0v) is 8.31. The summed E-state index contributed by atoms with van der Waals surface area (Å²) in [6.45, 7) is 0. The number of aromatic hydroxyl groups is 2. The van der Waals surface area contributed by atoms with Crippen LogP contribution in [0.3, 0.4) is 0 Å². The summed E-state index contributed by atoms with van der Waals surface area (Å²) in [4.78, 5) is 7.51. The minimum atomic E-state index is -0.428. The standard InChI is InChI=1S/C10H7ClN2O2/c11-7-9(14)12-8(13-10(7)15)6-4-2-1-3-5-6/h1-5H,(H2,12,13,14,15). The summed E-state index contributed by atoms with van der Waals surface area (Å²) in [6.07, 6.45) is 0. The van der Waals surface area contributed by atoms with E-state index in [0.29, 0.717) is 5.56 Å². The van der Waals surface area contributed by atoms with Crippen LogP contribution in [0.4, 0.5) is 0 Å². The van der Waals surface area contributed by atoms with Crippen molar-refractivity contribution in [3.05, 3.63) is 35.4 Å². The van der Waals surface area contributed by atoms with Crippen LogP contribution in [0.15, 0.2) is 30.3 Å². The predicted octanol–water partition coefficient (Wildman–Crippen LogP) is 2.21. The largest absolute Gasteiger partial charge is 0.492 e. The fourth-order valence-electron chi connectivity index (χ4n) is 1.14. The van der Waals surface area contributed by atoms with E-state index in [9.17, 15) is 10.2 Å². The van der Waals surface area contributed by atoms with Gasteiger partial charge in [0.2, 0.25) is 11.8 Å². The number of aromatic nitrogens is 2. The molecule has 0 amide bonds. The molecule has 2 N–H and O–H groups in total. The van der Waals surface area contributed by atoms with Crippen molar-refractivity contribution in [1.29, 1.82) is 0 Å². The molecule has 0 aliphatic carbocycles. The Morgan fingerprint density at radius 1 is 0.933 bits per heavy atom. The lowest BCUT2D eigenvalue weighted by Crippen LogP contribution is -1.90. The van der Waals surface area contributed by atoms with Gasteiger partial charge >= 0.3 is 0 Å².